The summed E-state index contributed by atoms with van der Waals surface area (Å²) in [6.07, 6.45) is 2.12. The minimum atomic E-state index is -0.0101. The maximum atomic E-state index is 11.1. The van der Waals surface area contributed by atoms with Crippen molar-refractivity contribution < 1.29 is 9.69 Å². The van der Waals surface area contributed by atoms with Crippen LogP contribution in [0.5, 0.6) is 0 Å². The first-order valence-electron chi connectivity index (χ1n) is 4.06. The maximum absolute atomic E-state index is 11.1. The highest BCUT2D eigenvalue weighted by Gasteiger charge is 2.25. The fraction of sp³-hybridized carbons (Fsp3) is 0.857. The van der Waals surface area contributed by atoms with E-state index in [1.807, 2.05) is 0 Å². The fourth-order valence-corrected chi connectivity index (χ4v) is 1.62. The summed E-state index contributed by atoms with van der Waals surface area (Å²) in [6, 6.07) is 0. The molecule has 0 bridgehead atoms. The summed E-state index contributed by atoms with van der Waals surface area (Å²) in [5, 5.41) is 0. The molecular formula is C7H16N3O+. The number of hydrogen-bond donors (Lipinski definition) is 3. The van der Waals surface area contributed by atoms with Gasteiger partial charge < -0.3 is 4.90 Å². The Morgan fingerprint density at radius 3 is 3.00 bits per heavy atom. The number of nitrogens with two attached hydrogens (primary N) is 1. The first-order valence-corrected chi connectivity index (χ1v) is 4.06. The number of quaternary nitrogens is 1. The molecule has 1 aliphatic rings. The van der Waals surface area contributed by atoms with Crippen LogP contribution in [0.15, 0.2) is 0 Å². The van der Waals surface area contributed by atoms with E-state index in [0.717, 1.165) is 19.4 Å². The van der Waals surface area contributed by atoms with Crippen LogP contribution in [0.3, 0.4) is 0 Å². The van der Waals surface area contributed by atoms with Gasteiger partial charge in [-0.15, -0.1) is 0 Å². The van der Waals surface area contributed by atoms with Crippen molar-refractivity contribution in [3.05, 3.63) is 0 Å². The number of rotatable bonds is 1. The van der Waals surface area contributed by atoms with Gasteiger partial charge in [0.05, 0.1) is 26.1 Å². The molecule has 11 heavy (non-hydrogen) atoms. The number of nitrogens with one attached hydrogen (secondary N) is 2. The van der Waals surface area contributed by atoms with E-state index < -0.39 is 0 Å². The Labute approximate surface area is 66.7 Å². The van der Waals surface area contributed by atoms with Gasteiger partial charge in [-0.05, 0) is 12.8 Å². The number of hydrogen-bond acceptors (Lipinski definition) is 2. The molecule has 0 radical (unpaired) electrons. The average Bonchev–Trinajstić information content (AvgIpc) is 2.03. The maximum Gasteiger partial charge on any atom is 0.242 e. The van der Waals surface area contributed by atoms with E-state index in [0.29, 0.717) is 0 Å². The molecule has 1 amide bonds. The third kappa shape index (κ3) is 2.17. The minimum absolute atomic E-state index is 0.0101. The van der Waals surface area contributed by atoms with E-state index in [1.165, 1.54) is 11.4 Å². The van der Waals surface area contributed by atoms with Crippen LogP contribution in [-0.2, 0) is 4.79 Å². The lowest BCUT2D eigenvalue weighted by atomic mass is 9.98. The van der Waals surface area contributed by atoms with Gasteiger partial charge in [-0.3, -0.25) is 10.2 Å². The van der Waals surface area contributed by atoms with Gasteiger partial charge in [-0.1, -0.05) is 0 Å². The van der Waals surface area contributed by atoms with E-state index in [1.54, 1.807) is 0 Å². The quantitative estimate of drug-likeness (QED) is 0.233. The summed E-state index contributed by atoms with van der Waals surface area (Å²) in [6.45, 7) is 2.09. The summed E-state index contributed by atoms with van der Waals surface area (Å²) < 4.78 is 0. The van der Waals surface area contributed by atoms with Crippen molar-refractivity contribution in [1.29, 1.82) is 0 Å². The van der Waals surface area contributed by atoms with Crippen molar-refractivity contribution in [1.82, 2.24) is 5.43 Å². The first kappa shape index (κ1) is 8.49. The van der Waals surface area contributed by atoms with Crippen molar-refractivity contribution >= 4 is 5.91 Å². The third-order valence-electron chi connectivity index (χ3n) is 2.26. The highest BCUT2D eigenvalue weighted by atomic mass is 16.2. The zero-order valence-corrected chi connectivity index (χ0v) is 6.89. The summed E-state index contributed by atoms with van der Waals surface area (Å²) in [4.78, 5) is 12.5. The first-order chi connectivity index (χ1) is 5.24. The van der Waals surface area contributed by atoms with Gasteiger partial charge in [-0.2, -0.15) is 0 Å². The number of carbonyl (C=O) groups is 1. The molecule has 1 aliphatic heterocycles. The van der Waals surface area contributed by atoms with Crippen LogP contribution in [0.4, 0.5) is 0 Å². The lowest BCUT2D eigenvalue weighted by Crippen LogP contribution is -3.10. The van der Waals surface area contributed by atoms with Crippen molar-refractivity contribution in [2.45, 2.75) is 12.8 Å². The van der Waals surface area contributed by atoms with Crippen LogP contribution in [0.1, 0.15) is 12.8 Å². The van der Waals surface area contributed by atoms with Gasteiger partial charge in [0.1, 0.15) is 0 Å². The van der Waals surface area contributed by atoms with E-state index >= 15 is 0 Å². The summed E-state index contributed by atoms with van der Waals surface area (Å²) >= 11 is 0. The number of likely N-dealkylation sites (tertiary alicyclic amines) is 1. The van der Waals surface area contributed by atoms with Crippen LogP contribution in [0.2, 0.25) is 0 Å². The zero-order valence-electron chi connectivity index (χ0n) is 6.89. The van der Waals surface area contributed by atoms with Gasteiger partial charge in [0.2, 0.25) is 5.91 Å². The van der Waals surface area contributed by atoms with Gasteiger partial charge in [0.15, 0.2) is 0 Å². The molecule has 1 rings (SSSR count). The number of hydrazine groups is 1. The van der Waals surface area contributed by atoms with Crippen molar-refractivity contribution in [2.24, 2.45) is 11.8 Å². The Morgan fingerprint density at radius 2 is 2.45 bits per heavy atom. The molecule has 4 heteroatoms. The molecule has 0 spiro atoms. The van der Waals surface area contributed by atoms with Crippen LogP contribution >= 0.6 is 0 Å². The van der Waals surface area contributed by atoms with E-state index in [4.69, 9.17) is 5.84 Å². The SMILES string of the molecule is C[NH+]1CCC[C@@H](C(=O)NN)C1. The third-order valence-corrected chi connectivity index (χ3v) is 2.26. The van der Waals surface area contributed by atoms with Crippen molar-refractivity contribution in [3.63, 3.8) is 0 Å². The van der Waals surface area contributed by atoms with Crippen molar-refractivity contribution in [3.8, 4) is 0 Å². The lowest BCUT2D eigenvalue weighted by molar-refractivity contribution is -0.887. The Bertz CT molecular complexity index is 149. The Kier molecular flexibility index (Phi) is 2.84. The highest BCUT2D eigenvalue weighted by Crippen LogP contribution is 2.05. The monoisotopic (exact) mass is 158 g/mol. The Hall–Kier alpha value is -0.610. The van der Waals surface area contributed by atoms with Gasteiger partial charge >= 0.3 is 0 Å². The predicted molar refractivity (Wildman–Crippen MR) is 41.7 cm³/mol. The summed E-state index contributed by atoms with van der Waals surface area (Å²) in [7, 11) is 2.11. The molecule has 1 unspecified atom stereocenters. The van der Waals surface area contributed by atoms with Crippen LogP contribution in [0.25, 0.3) is 0 Å². The molecule has 0 aromatic rings. The Balaban J connectivity index is 2.39. The standard InChI is InChI=1S/C7H15N3O/c1-10-4-2-3-6(5-10)7(11)9-8/h6H,2-5,8H2,1H3,(H,9,11)/p+1/t6-/m1/s1. The average molecular weight is 158 g/mol. The molecule has 4 nitrogen and oxygen atoms in total. The second-order valence-corrected chi connectivity index (χ2v) is 3.26. The molecule has 1 heterocycles. The molecule has 0 aliphatic carbocycles. The molecule has 0 aromatic carbocycles. The van der Waals surface area contributed by atoms with Gasteiger partial charge in [0.25, 0.3) is 0 Å². The van der Waals surface area contributed by atoms with Gasteiger partial charge in [0, 0.05) is 0 Å². The minimum Gasteiger partial charge on any atom is -0.337 e. The largest absolute Gasteiger partial charge is 0.337 e. The smallest absolute Gasteiger partial charge is 0.242 e. The summed E-state index contributed by atoms with van der Waals surface area (Å²) in [5.74, 6) is 5.16. The Morgan fingerprint density at radius 1 is 1.73 bits per heavy atom. The molecule has 0 saturated carbocycles. The second-order valence-electron chi connectivity index (χ2n) is 3.26. The van der Waals surface area contributed by atoms with Crippen LogP contribution < -0.4 is 16.2 Å². The summed E-state index contributed by atoms with van der Waals surface area (Å²) in [5.41, 5.74) is 2.20. The van der Waals surface area contributed by atoms with Crippen LogP contribution in [-0.4, -0.2) is 26.0 Å². The molecule has 0 aromatic heterocycles. The lowest BCUT2D eigenvalue weighted by Gasteiger charge is -2.25. The number of amides is 1. The zero-order chi connectivity index (χ0) is 8.27. The molecular weight excluding hydrogens is 142 g/mol. The van der Waals surface area contributed by atoms with E-state index in [-0.39, 0.29) is 11.8 Å². The van der Waals surface area contributed by atoms with Gasteiger partial charge in [-0.25, -0.2) is 5.84 Å². The van der Waals surface area contributed by atoms with Crippen LogP contribution in [0, 0.1) is 5.92 Å². The molecule has 2 atom stereocenters. The van der Waals surface area contributed by atoms with E-state index in [9.17, 15) is 4.79 Å². The normalized spacial score (nSPS) is 31.5. The number of piperidine rings is 1. The predicted octanol–water partition coefficient (Wildman–Crippen LogP) is -2.10. The van der Waals surface area contributed by atoms with E-state index in [2.05, 4.69) is 12.5 Å². The fourth-order valence-electron chi connectivity index (χ4n) is 1.62. The molecule has 1 saturated heterocycles. The number of carbonyl (C=O) groups excluding carboxylic acids is 1. The molecule has 64 valence electrons. The molecule has 4 N–H and O–H groups in total. The molecule has 1 fully saturated rings. The highest BCUT2D eigenvalue weighted by molar-refractivity contribution is 5.78. The second kappa shape index (κ2) is 3.69. The topological polar surface area (TPSA) is 59.6 Å². The van der Waals surface area contributed by atoms with Crippen molar-refractivity contribution in [2.75, 3.05) is 20.1 Å².